The fourth-order valence-electron chi connectivity index (χ4n) is 2.83. The van der Waals surface area contributed by atoms with Crippen LogP contribution in [0.5, 0.6) is 0 Å². The van der Waals surface area contributed by atoms with Gasteiger partial charge in [0.15, 0.2) is 0 Å². The molecule has 0 saturated carbocycles. The number of nitrogens with zero attached hydrogens (tertiary/aromatic N) is 1. The van der Waals surface area contributed by atoms with Gasteiger partial charge in [0.05, 0.1) is 0 Å². The summed E-state index contributed by atoms with van der Waals surface area (Å²) in [4.78, 5) is 2.33. The monoisotopic (exact) mass is 290 g/mol. The molecular formula is C19H34N2. The first-order chi connectivity index (χ1) is 9.99. The van der Waals surface area contributed by atoms with Crippen LogP contribution in [0.25, 0.3) is 0 Å². The minimum Gasteiger partial charge on any atom is -0.375 e. The van der Waals surface area contributed by atoms with Gasteiger partial charge < -0.3 is 10.2 Å². The van der Waals surface area contributed by atoms with E-state index in [-0.39, 0.29) is 0 Å². The number of para-hydroxylation sites is 1. The van der Waals surface area contributed by atoms with Gasteiger partial charge in [-0.1, -0.05) is 45.9 Å². The van der Waals surface area contributed by atoms with Crippen LogP contribution in [0.4, 0.5) is 5.69 Å². The lowest BCUT2D eigenvalue weighted by atomic mass is 9.95. The van der Waals surface area contributed by atoms with Gasteiger partial charge in [0, 0.05) is 25.3 Å². The van der Waals surface area contributed by atoms with E-state index in [1.54, 1.807) is 0 Å². The fourth-order valence-corrected chi connectivity index (χ4v) is 2.83. The summed E-state index contributed by atoms with van der Waals surface area (Å²) in [5.74, 6) is 1.54. The highest BCUT2D eigenvalue weighted by molar-refractivity contribution is 5.44. The van der Waals surface area contributed by atoms with Crippen LogP contribution in [-0.2, 0) is 0 Å². The minimum atomic E-state index is 0.673. The average Bonchev–Trinajstić information content (AvgIpc) is 2.43. The highest BCUT2D eigenvalue weighted by atomic mass is 15.1. The number of hydrogen-bond donors (Lipinski definition) is 1. The summed E-state index contributed by atoms with van der Waals surface area (Å²) in [6, 6.07) is 11.3. The molecule has 0 fully saturated rings. The van der Waals surface area contributed by atoms with Crippen molar-refractivity contribution in [3.8, 4) is 0 Å². The minimum absolute atomic E-state index is 0.673. The van der Waals surface area contributed by atoms with E-state index < -0.39 is 0 Å². The van der Waals surface area contributed by atoms with Gasteiger partial charge in [0.1, 0.15) is 0 Å². The second-order valence-electron chi connectivity index (χ2n) is 7.02. The van der Waals surface area contributed by atoms with Crippen LogP contribution >= 0.6 is 0 Å². The molecule has 21 heavy (non-hydrogen) atoms. The Labute approximate surface area is 131 Å². The van der Waals surface area contributed by atoms with E-state index in [0.717, 1.165) is 24.9 Å². The third kappa shape index (κ3) is 8.11. The van der Waals surface area contributed by atoms with E-state index in [2.05, 4.69) is 75.3 Å². The molecule has 2 nitrogen and oxygen atoms in total. The van der Waals surface area contributed by atoms with Gasteiger partial charge in [-0.05, 0) is 49.8 Å². The van der Waals surface area contributed by atoms with Crippen LogP contribution in [0, 0.1) is 11.8 Å². The van der Waals surface area contributed by atoms with Crippen molar-refractivity contribution in [2.24, 2.45) is 11.8 Å². The summed E-state index contributed by atoms with van der Waals surface area (Å²) in [7, 11) is 2.18. The zero-order valence-corrected chi connectivity index (χ0v) is 14.6. The third-order valence-corrected chi connectivity index (χ3v) is 3.81. The first-order valence-electron chi connectivity index (χ1n) is 8.48. The SMILES string of the molecule is CC(C)CC(CC(C)C)NCCCN(C)c1ccccc1. The number of hydrogen-bond acceptors (Lipinski definition) is 2. The summed E-state index contributed by atoms with van der Waals surface area (Å²) in [5, 5.41) is 3.76. The number of nitrogens with one attached hydrogen (secondary N) is 1. The van der Waals surface area contributed by atoms with Crippen molar-refractivity contribution in [3.05, 3.63) is 30.3 Å². The molecule has 0 atom stereocenters. The van der Waals surface area contributed by atoms with Crippen LogP contribution in [0.3, 0.4) is 0 Å². The quantitative estimate of drug-likeness (QED) is 0.635. The Bertz CT molecular complexity index is 349. The maximum atomic E-state index is 3.76. The van der Waals surface area contributed by atoms with Crippen molar-refractivity contribution < 1.29 is 0 Å². The molecule has 1 aromatic carbocycles. The molecule has 0 heterocycles. The second kappa shape index (κ2) is 9.83. The van der Waals surface area contributed by atoms with Crippen molar-refractivity contribution in [1.82, 2.24) is 5.32 Å². The van der Waals surface area contributed by atoms with Gasteiger partial charge in [-0.15, -0.1) is 0 Å². The fraction of sp³-hybridized carbons (Fsp3) is 0.684. The second-order valence-corrected chi connectivity index (χ2v) is 7.02. The van der Waals surface area contributed by atoms with Crippen LogP contribution < -0.4 is 10.2 Å². The van der Waals surface area contributed by atoms with Gasteiger partial charge >= 0.3 is 0 Å². The van der Waals surface area contributed by atoms with Crippen molar-refractivity contribution in [3.63, 3.8) is 0 Å². The molecule has 0 aliphatic heterocycles. The normalized spacial score (nSPS) is 11.6. The molecule has 0 unspecified atom stereocenters. The summed E-state index contributed by atoms with van der Waals surface area (Å²) < 4.78 is 0. The van der Waals surface area contributed by atoms with Crippen LogP contribution in [0.2, 0.25) is 0 Å². The Morgan fingerprint density at radius 2 is 1.52 bits per heavy atom. The maximum Gasteiger partial charge on any atom is 0.0363 e. The molecule has 0 spiro atoms. The highest BCUT2D eigenvalue weighted by Gasteiger charge is 2.12. The Morgan fingerprint density at radius 1 is 0.952 bits per heavy atom. The maximum absolute atomic E-state index is 3.76. The van der Waals surface area contributed by atoms with Gasteiger partial charge in [-0.25, -0.2) is 0 Å². The molecule has 0 radical (unpaired) electrons. The van der Waals surface area contributed by atoms with Gasteiger partial charge in [0.2, 0.25) is 0 Å². The Hall–Kier alpha value is -1.02. The molecule has 2 heteroatoms. The summed E-state index contributed by atoms with van der Waals surface area (Å²) in [5.41, 5.74) is 1.30. The van der Waals surface area contributed by atoms with E-state index in [4.69, 9.17) is 0 Å². The van der Waals surface area contributed by atoms with Crippen molar-refractivity contribution >= 4 is 5.69 Å². The lowest BCUT2D eigenvalue weighted by Crippen LogP contribution is -2.34. The van der Waals surface area contributed by atoms with Gasteiger partial charge in [-0.2, -0.15) is 0 Å². The molecule has 1 N–H and O–H groups in total. The molecule has 0 aliphatic carbocycles. The molecule has 1 rings (SSSR count). The molecular weight excluding hydrogens is 256 g/mol. The average molecular weight is 290 g/mol. The predicted molar refractivity (Wildman–Crippen MR) is 95.0 cm³/mol. The van der Waals surface area contributed by atoms with Gasteiger partial charge in [0.25, 0.3) is 0 Å². The van der Waals surface area contributed by atoms with Crippen LogP contribution in [-0.4, -0.2) is 26.2 Å². The summed E-state index contributed by atoms with van der Waals surface area (Å²) in [6.45, 7) is 11.5. The molecule has 0 aromatic heterocycles. The van der Waals surface area contributed by atoms with Crippen molar-refractivity contribution in [2.75, 3.05) is 25.0 Å². The van der Waals surface area contributed by atoms with Gasteiger partial charge in [-0.3, -0.25) is 0 Å². The molecule has 0 bridgehead atoms. The Balaban J connectivity index is 2.27. The smallest absolute Gasteiger partial charge is 0.0363 e. The predicted octanol–water partition coefficient (Wildman–Crippen LogP) is 4.56. The summed E-state index contributed by atoms with van der Waals surface area (Å²) >= 11 is 0. The van der Waals surface area contributed by atoms with E-state index >= 15 is 0 Å². The molecule has 120 valence electrons. The molecule has 0 aliphatic rings. The topological polar surface area (TPSA) is 15.3 Å². The molecule has 0 amide bonds. The van der Waals surface area contributed by atoms with E-state index in [0.29, 0.717) is 6.04 Å². The van der Waals surface area contributed by atoms with E-state index in [1.807, 2.05) is 0 Å². The van der Waals surface area contributed by atoms with Crippen LogP contribution in [0.1, 0.15) is 47.0 Å². The Kier molecular flexibility index (Phi) is 8.44. The Morgan fingerprint density at radius 3 is 2.05 bits per heavy atom. The van der Waals surface area contributed by atoms with Crippen molar-refractivity contribution in [2.45, 2.75) is 53.0 Å². The van der Waals surface area contributed by atoms with E-state index in [1.165, 1.54) is 24.9 Å². The number of benzene rings is 1. The van der Waals surface area contributed by atoms with Crippen LogP contribution in [0.15, 0.2) is 30.3 Å². The lowest BCUT2D eigenvalue weighted by Gasteiger charge is -2.24. The number of rotatable bonds is 10. The first kappa shape index (κ1) is 18.0. The zero-order valence-electron chi connectivity index (χ0n) is 14.6. The highest BCUT2D eigenvalue weighted by Crippen LogP contribution is 2.14. The largest absolute Gasteiger partial charge is 0.375 e. The summed E-state index contributed by atoms with van der Waals surface area (Å²) in [6.07, 6.45) is 3.76. The molecule has 1 aromatic rings. The number of anilines is 1. The zero-order chi connectivity index (χ0) is 15.7. The molecule has 0 saturated heterocycles. The third-order valence-electron chi connectivity index (χ3n) is 3.81. The van der Waals surface area contributed by atoms with E-state index in [9.17, 15) is 0 Å². The lowest BCUT2D eigenvalue weighted by molar-refractivity contribution is 0.359. The standard InChI is InChI=1S/C19H34N2/c1-16(2)14-18(15-17(3)4)20-12-9-13-21(5)19-10-7-6-8-11-19/h6-8,10-11,16-18,20H,9,12-15H2,1-5H3. The first-order valence-corrected chi connectivity index (χ1v) is 8.48. The van der Waals surface area contributed by atoms with Crippen molar-refractivity contribution in [1.29, 1.82) is 0 Å².